The van der Waals surface area contributed by atoms with Gasteiger partial charge in [-0.2, -0.15) is 0 Å². The fourth-order valence-electron chi connectivity index (χ4n) is 1.42. The summed E-state index contributed by atoms with van der Waals surface area (Å²) in [6.07, 6.45) is 1.15. The summed E-state index contributed by atoms with van der Waals surface area (Å²) in [6.45, 7) is 1.09. The average Bonchev–Trinajstić information content (AvgIpc) is 2.22. The summed E-state index contributed by atoms with van der Waals surface area (Å²) < 4.78 is -0.405. The van der Waals surface area contributed by atoms with Crippen LogP contribution in [-0.4, -0.2) is 16.9 Å². The smallest absolute Gasteiger partial charge is 0.138 e. The zero-order chi connectivity index (χ0) is 5.78. The highest BCUT2D eigenvalue weighted by Gasteiger charge is 2.65. The van der Waals surface area contributed by atoms with E-state index in [1.54, 1.807) is 0 Å². The Bertz CT molecular complexity index is 112. The number of hydrogen-bond donors (Lipinski definition) is 1. The first-order chi connectivity index (χ1) is 3.73. The molecule has 2 unspecified atom stereocenters. The molecule has 2 rings (SSSR count). The first kappa shape index (κ1) is 5.33. The Morgan fingerprint density at radius 2 is 2.25 bits per heavy atom. The van der Waals surface area contributed by atoms with E-state index in [4.69, 9.17) is 23.2 Å². The van der Waals surface area contributed by atoms with Crippen molar-refractivity contribution in [2.24, 2.45) is 5.92 Å². The van der Waals surface area contributed by atoms with Crippen molar-refractivity contribution in [3.63, 3.8) is 0 Å². The minimum Gasteiger partial charge on any atom is -0.311 e. The maximum Gasteiger partial charge on any atom is 0.138 e. The molecule has 1 heterocycles. The largest absolute Gasteiger partial charge is 0.311 e. The zero-order valence-corrected chi connectivity index (χ0v) is 5.84. The number of piperidine rings is 1. The van der Waals surface area contributed by atoms with Gasteiger partial charge in [-0.05, 0) is 13.0 Å². The van der Waals surface area contributed by atoms with Crippen LogP contribution in [0.2, 0.25) is 0 Å². The Hall–Kier alpha value is 0.540. The van der Waals surface area contributed by atoms with Crippen LogP contribution in [0.4, 0.5) is 0 Å². The van der Waals surface area contributed by atoms with Gasteiger partial charge in [-0.25, -0.2) is 0 Å². The van der Waals surface area contributed by atoms with Crippen LogP contribution in [0.5, 0.6) is 0 Å². The molecule has 46 valence electrons. The van der Waals surface area contributed by atoms with Crippen LogP contribution >= 0.6 is 23.2 Å². The fraction of sp³-hybridized carbons (Fsp3) is 1.00. The van der Waals surface area contributed by atoms with Crippen molar-refractivity contribution in [1.29, 1.82) is 0 Å². The van der Waals surface area contributed by atoms with E-state index in [0.717, 1.165) is 13.0 Å². The lowest BCUT2D eigenvalue weighted by Crippen LogP contribution is -2.19. The molecule has 0 aromatic carbocycles. The molecule has 0 radical (unpaired) electrons. The third kappa shape index (κ3) is 0.476. The highest BCUT2D eigenvalue weighted by atomic mass is 35.5. The minimum absolute atomic E-state index is 0.405. The van der Waals surface area contributed by atoms with E-state index < -0.39 is 4.33 Å². The summed E-state index contributed by atoms with van der Waals surface area (Å²) in [4.78, 5) is 0. The van der Waals surface area contributed by atoms with Crippen molar-refractivity contribution in [3.8, 4) is 0 Å². The van der Waals surface area contributed by atoms with Gasteiger partial charge < -0.3 is 5.32 Å². The summed E-state index contributed by atoms with van der Waals surface area (Å²) in [5, 5.41) is 3.22. The van der Waals surface area contributed by atoms with Crippen molar-refractivity contribution in [2.75, 3.05) is 6.54 Å². The molecule has 1 nitrogen and oxygen atoms in total. The number of hydrogen-bond acceptors (Lipinski definition) is 1. The summed E-state index contributed by atoms with van der Waals surface area (Å²) >= 11 is 11.6. The highest BCUT2D eigenvalue weighted by molar-refractivity contribution is 6.52. The van der Waals surface area contributed by atoms with E-state index >= 15 is 0 Å². The molecule has 2 aliphatic rings. The molecule has 1 saturated carbocycles. The molecule has 1 N–H and O–H groups in total. The molecule has 0 aromatic rings. The van der Waals surface area contributed by atoms with Gasteiger partial charge in [0.25, 0.3) is 0 Å². The Morgan fingerprint density at radius 3 is 2.50 bits per heavy atom. The minimum atomic E-state index is -0.405. The number of halogens is 2. The predicted molar refractivity (Wildman–Crippen MR) is 34.3 cm³/mol. The van der Waals surface area contributed by atoms with Crippen LogP contribution in [0.3, 0.4) is 0 Å². The van der Waals surface area contributed by atoms with Crippen molar-refractivity contribution in [1.82, 2.24) is 5.32 Å². The maximum atomic E-state index is 5.81. The molecule has 2 fully saturated rings. The molecule has 0 aromatic heterocycles. The molecule has 3 heteroatoms. The zero-order valence-electron chi connectivity index (χ0n) is 4.32. The maximum absolute atomic E-state index is 5.81. The molecular weight excluding hydrogens is 145 g/mol. The second-order valence-corrected chi connectivity index (χ2v) is 3.95. The number of rotatable bonds is 0. The van der Waals surface area contributed by atoms with E-state index in [2.05, 4.69) is 5.32 Å². The van der Waals surface area contributed by atoms with Gasteiger partial charge in [0.2, 0.25) is 0 Å². The Kier molecular flexibility index (Phi) is 0.891. The number of fused-ring (bicyclic) bond motifs is 1. The Morgan fingerprint density at radius 1 is 1.50 bits per heavy atom. The van der Waals surface area contributed by atoms with Gasteiger partial charge >= 0.3 is 0 Å². The fourth-order valence-corrected chi connectivity index (χ4v) is 2.22. The lowest BCUT2D eigenvalue weighted by Gasteiger charge is -2.01. The van der Waals surface area contributed by atoms with Crippen molar-refractivity contribution in [2.45, 2.75) is 16.8 Å². The van der Waals surface area contributed by atoms with E-state index in [1.807, 2.05) is 0 Å². The number of alkyl halides is 2. The van der Waals surface area contributed by atoms with Crippen LogP contribution < -0.4 is 5.32 Å². The van der Waals surface area contributed by atoms with Crippen LogP contribution in [0.15, 0.2) is 0 Å². The summed E-state index contributed by atoms with van der Waals surface area (Å²) in [7, 11) is 0. The van der Waals surface area contributed by atoms with Crippen LogP contribution in [0.25, 0.3) is 0 Å². The van der Waals surface area contributed by atoms with Gasteiger partial charge in [-0.15, -0.1) is 0 Å². The third-order valence-corrected chi connectivity index (χ3v) is 3.05. The van der Waals surface area contributed by atoms with E-state index in [1.165, 1.54) is 0 Å². The van der Waals surface area contributed by atoms with E-state index in [0.29, 0.717) is 12.0 Å². The topological polar surface area (TPSA) is 12.0 Å². The summed E-state index contributed by atoms with van der Waals surface area (Å²) in [6, 6.07) is 0.408. The Labute approximate surface area is 58.3 Å². The molecule has 0 spiro atoms. The van der Waals surface area contributed by atoms with Crippen LogP contribution in [0, 0.1) is 5.92 Å². The van der Waals surface area contributed by atoms with Gasteiger partial charge in [0, 0.05) is 12.0 Å². The van der Waals surface area contributed by atoms with Gasteiger partial charge in [-0.1, -0.05) is 23.2 Å². The first-order valence-corrected chi connectivity index (χ1v) is 3.60. The second-order valence-electron chi connectivity index (χ2n) is 2.50. The number of nitrogens with one attached hydrogen (secondary N) is 1. The standard InChI is InChI=1S/C5H7Cl2N/c6-5(7)3-1-2-8-4(3)5/h3-4,8H,1-2H2. The average molecular weight is 152 g/mol. The molecule has 1 aliphatic heterocycles. The normalized spacial score (nSPS) is 48.8. The van der Waals surface area contributed by atoms with Crippen LogP contribution in [0.1, 0.15) is 6.42 Å². The van der Waals surface area contributed by atoms with E-state index in [-0.39, 0.29) is 0 Å². The second kappa shape index (κ2) is 1.34. The lowest BCUT2D eigenvalue weighted by molar-refractivity contribution is 0.722. The molecular formula is C5H7Cl2N. The van der Waals surface area contributed by atoms with Crippen molar-refractivity contribution < 1.29 is 0 Å². The SMILES string of the molecule is ClC1(Cl)C2CCNC21. The molecule has 1 aliphatic carbocycles. The quantitative estimate of drug-likeness (QED) is 0.513. The van der Waals surface area contributed by atoms with Crippen molar-refractivity contribution >= 4 is 23.2 Å². The molecule has 0 bridgehead atoms. The highest BCUT2D eigenvalue weighted by Crippen LogP contribution is 2.57. The van der Waals surface area contributed by atoms with Crippen molar-refractivity contribution in [3.05, 3.63) is 0 Å². The Balaban J connectivity index is 2.13. The van der Waals surface area contributed by atoms with Gasteiger partial charge in [-0.3, -0.25) is 0 Å². The summed E-state index contributed by atoms with van der Waals surface area (Å²) in [5.74, 6) is 0.547. The van der Waals surface area contributed by atoms with Gasteiger partial charge in [0.1, 0.15) is 4.33 Å². The third-order valence-electron chi connectivity index (χ3n) is 2.02. The lowest BCUT2D eigenvalue weighted by atomic mass is 10.3. The molecule has 0 amide bonds. The monoisotopic (exact) mass is 151 g/mol. The molecule has 2 atom stereocenters. The van der Waals surface area contributed by atoms with Gasteiger partial charge in [0.15, 0.2) is 0 Å². The predicted octanol–water partition coefficient (Wildman–Crippen LogP) is 1.15. The summed E-state index contributed by atoms with van der Waals surface area (Å²) in [5.41, 5.74) is 0. The molecule has 1 saturated heterocycles. The van der Waals surface area contributed by atoms with Gasteiger partial charge in [0.05, 0.1) is 0 Å². The molecule has 8 heavy (non-hydrogen) atoms. The van der Waals surface area contributed by atoms with E-state index in [9.17, 15) is 0 Å². The first-order valence-electron chi connectivity index (χ1n) is 2.84. The van der Waals surface area contributed by atoms with Crippen LogP contribution in [-0.2, 0) is 0 Å².